The van der Waals surface area contributed by atoms with E-state index in [-0.39, 0.29) is 12.1 Å². The largest absolute Gasteiger partial charge is 0.376 e. The molecule has 1 N–H and O–H groups in total. The minimum atomic E-state index is 0.228. The van der Waals surface area contributed by atoms with E-state index in [2.05, 4.69) is 54.7 Å². The standard InChI is InChI=1S/C17H21NO2/c1-2-18-17(12-20-14-10-19-11-14)16-9-5-7-13-6-3-4-8-15(13)16/h3-9,14,17-18H,2,10-12H2,1H3. The van der Waals surface area contributed by atoms with Gasteiger partial charge >= 0.3 is 0 Å². The number of rotatable bonds is 6. The predicted octanol–water partition coefficient (Wildman–Crippen LogP) is 2.91. The number of likely N-dealkylation sites (N-methyl/N-ethyl adjacent to an activating group) is 1. The fourth-order valence-electron chi connectivity index (χ4n) is 2.60. The first-order chi connectivity index (χ1) is 9.88. The van der Waals surface area contributed by atoms with E-state index in [1.54, 1.807) is 0 Å². The van der Waals surface area contributed by atoms with Crippen molar-refractivity contribution in [2.45, 2.75) is 19.1 Å². The van der Waals surface area contributed by atoms with Crippen LogP contribution in [0.1, 0.15) is 18.5 Å². The van der Waals surface area contributed by atoms with Crippen LogP contribution in [0.2, 0.25) is 0 Å². The Morgan fingerprint density at radius 1 is 1.20 bits per heavy atom. The number of ether oxygens (including phenoxy) is 2. The summed E-state index contributed by atoms with van der Waals surface area (Å²) in [6.45, 7) is 5.21. The van der Waals surface area contributed by atoms with Crippen molar-refractivity contribution in [3.63, 3.8) is 0 Å². The minimum absolute atomic E-state index is 0.228. The van der Waals surface area contributed by atoms with E-state index in [4.69, 9.17) is 9.47 Å². The van der Waals surface area contributed by atoms with Crippen molar-refractivity contribution in [2.24, 2.45) is 0 Å². The number of benzene rings is 2. The van der Waals surface area contributed by atoms with Gasteiger partial charge in [0.25, 0.3) is 0 Å². The minimum Gasteiger partial charge on any atom is -0.376 e. The van der Waals surface area contributed by atoms with Crippen molar-refractivity contribution >= 4 is 10.8 Å². The Hall–Kier alpha value is -1.42. The van der Waals surface area contributed by atoms with Gasteiger partial charge in [-0.3, -0.25) is 0 Å². The maximum absolute atomic E-state index is 5.91. The Balaban J connectivity index is 1.83. The van der Waals surface area contributed by atoms with Crippen LogP contribution in [0.15, 0.2) is 42.5 Å². The molecule has 3 nitrogen and oxygen atoms in total. The highest BCUT2D eigenvalue weighted by Crippen LogP contribution is 2.25. The van der Waals surface area contributed by atoms with Crippen LogP contribution in [0.4, 0.5) is 0 Å². The van der Waals surface area contributed by atoms with Gasteiger partial charge in [-0.15, -0.1) is 0 Å². The molecule has 3 heteroatoms. The molecule has 0 aliphatic carbocycles. The second-order valence-electron chi connectivity index (χ2n) is 5.17. The lowest BCUT2D eigenvalue weighted by atomic mass is 9.99. The summed E-state index contributed by atoms with van der Waals surface area (Å²) in [5.74, 6) is 0. The fraction of sp³-hybridized carbons (Fsp3) is 0.412. The Labute approximate surface area is 119 Å². The molecule has 20 heavy (non-hydrogen) atoms. The molecular weight excluding hydrogens is 250 g/mol. The maximum Gasteiger partial charge on any atom is 0.104 e. The smallest absolute Gasteiger partial charge is 0.104 e. The topological polar surface area (TPSA) is 30.5 Å². The molecule has 1 saturated heterocycles. The highest BCUT2D eigenvalue weighted by molar-refractivity contribution is 5.86. The van der Waals surface area contributed by atoms with Crippen molar-refractivity contribution in [3.05, 3.63) is 48.0 Å². The van der Waals surface area contributed by atoms with Gasteiger partial charge in [-0.1, -0.05) is 49.4 Å². The van der Waals surface area contributed by atoms with Crippen molar-refractivity contribution in [1.29, 1.82) is 0 Å². The third kappa shape index (κ3) is 2.85. The molecule has 2 aromatic carbocycles. The van der Waals surface area contributed by atoms with Gasteiger partial charge in [-0.25, -0.2) is 0 Å². The van der Waals surface area contributed by atoms with Crippen molar-refractivity contribution in [1.82, 2.24) is 5.32 Å². The molecule has 0 saturated carbocycles. The summed E-state index contributed by atoms with van der Waals surface area (Å²) < 4.78 is 11.1. The van der Waals surface area contributed by atoms with Crippen LogP contribution in [-0.4, -0.2) is 32.5 Å². The van der Waals surface area contributed by atoms with Gasteiger partial charge in [-0.05, 0) is 22.9 Å². The van der Waals surface area contributed by atoms with Gasteiger partial charge in [-0.2, -0.15) is 0 Å². The first kappa shape index (κ1) is 13.6. The van der Waals surface area contributed by atoms with Gasteiger partial charge in [0, 0.05) is 0 Å². The van der Waals surface area contributed by atoms with Gasteiger partial charge in [0.05, 0.1) is 25.9 Å². The molecule has 1 fully saturated rings. The van der Waals surface area contributed by atoms with Crippen LogP contribution >= 0.6 is 0 Å². The monoisotopic (exact) mass is 271 g/mol. The van der Waals surface area contributed by atoms with E-state index < -0.39 is 0 Å². The van der Waals surface area contributed by atoms with E-state index in [1.165, 1.54) is 16.3 Å². The van der Waals surface area contributed by atoms with Gasteiger partial charge in [0.15, 0.2) is 0 Å². The van der Waals surface area contributed by atoms with Crippen molar-refractivity contribution in [2.75, 3.05) is 26.4 Å². The molecule has 0 spiro atoms. The predicted molar refractivity (Wildman–Crippen MR) is 80.9 cm³/mol. The first-order valence-electron chi connectivity index (χ1n) is 7.29. The highest BCUT2D eigenvalue weighted by atomic mass is 16.6. The molecule has 0 aromatic heterocycles. The summed E-state index contributed by atoms with van der Waals surface area (Å²) in [6.07, 6.45) is 0.270. The Morgan fingerprint density at radius 3 is 2.75 bits per heavy atom. The number of fused-ring (bicyclic) bond motifs is 1. The maximum atomic E-state index is 5.91. The normalized spacial score (nSPS) is 17.1. The highest BCUT2D eigenvalue weighted by Gasteiger charge is 2.21. The zero-order valence-electron chi connectivity index (χ0n) is 11.8. The lowest BCUT2D eigenvalue weighted by molar-refractivity contribution is -0.133. The Kier molecular flexibility index (Phi) is 4.31. The number of nitrogens with one attached hydrogen (secondary N) is 1. The van der Waals surface area contributed by atoms with Gasteiger partial charge in [0.2, 0.25) is 0 Å². The first-order valence-corrected chi connectivity index (χ1v) is 7.29. The van der Waals surface area contributed by atoms with Crippen LogP contribution in [0, 0.1) is 0 Å². The molecular formula is C17H21NO2. The van der Waals surface area contributed by atoms with Crippen molar-refractivity contribution in [3.8, 4) is 0 Å². The van der Waals surface area contributed by atoms with Gasteiger partial charge in [0.1, 0.15) is 6.10 Å². The number of hydrogen-bond donors (Lipinski definition) is 1. The summed E-state index contributed by atoms with van der Waals surface area (Å²) in [7, 11) is 0. The molecule has 106 valence electrons. The van der Waals surface area contributed by atoms with E-state index in [0.29, 0.717) is 6.61 Å². The summed E-state index contributed by atoms with van der Waals surface area (Å²) in [4.78, 5) is 0. The van der Waals surface area contributed by atoms with Crippen LogP contribution in [0.25, 0.3) is 10.8 Å². The lowest BCUT2D eigenvalue weighted by Gasteiger charge is -2.29. The zero-order chi connectivity index (χ0) is 13.8. The van der Waals surface area contributed by atoms with E-state index >= 15 is 0 Å². The van der Waals surface area contributed by atoms with Crippen LogP contribution in [0.3, 0.4) is 0 Å². The third-order valence-electron chi connectivity index (χ3n) is 3.76. The molecule has 3 rings (SSSR count). The lowest BCUT2D eigenvalue weighted by Crippen LogP contribution is -2.38. The number of hydrogen-bond acceptors (Lipinski definition) is 3. The fourth-order valence-corrected chi connectivity index (χ4v) is 2.60. The van der Waals surface area contributed by atoms with E-state index in [1.807, 2.05) is 0 Å². The van der Waals surface area contributed by atoms with Crippen LogP contribution < -0.4 is 5.32 Å². The molecule has 1 heterocycles. The Morgan fingerprint density at radius 2 is 2.00 bits per heavy atom. The average Bonchev–Trinajstić information content (AvgIpc) is 2.44. The summed E-state index contributed by atoms with van der Waals surface area (Å²) in [5.41, 5.74) is 1.31. The molecule has 0 amide bonds. The summed E-state index contributed by atoms with van der Waals surface area (Å²) in [5, 5.41) is 6.11. The molecule has 0 bridgehead atoms. The third-order valence-corrected chi connectivity index (χ3v) is 3.76. The average molecular weight is 271 g/mol. The van der Waals surface area contributed by atoms with Crippen LogP contribution in [-0.2, 0) is 9.47 Å². The van der Waals surface area contributed by atoms with Crippen molar-refractivity contribution < 1.29 is 9.47 Å². The Bertz CT molecular complexity index is 560. The van der Waals surface area contributed by atoms with E-state index in [9.17, 15) is 0 Å². The van der Waals surface area contributed by atoms with E-state index in [0.717, 1.165) is 19.8 Å². The van der Waals surface area contributed by atoms with Gasteiger partial charge < -0.3 is 14.8 Å². The molecule has 0 radical (unpaired) electrons. The summed E-state index contributed by atoms with van der Waals surface area (Å²) >= 11 is 0. The second kappa shape index (κ2) is 6.35. The molecule has 1 atom stereocenters. The second-order valence-corrected chi connectivity index (χ2v) is 5.17. The molecule has 1 aliphatic heterocycles. The zero-order valence-corrected chi connectivity index (χ0v) is 11.8. The molecule has 1 unspecified atom stereocenters. The summed E-state index contributed by atoms with van der Waals surface area (Å²) in [6, 6.07) is 15.2. The van der Waals surface area contributed by atoms with Crippen LogP contribution in [0.5, 0.6) is 0 Å². The molecule has 2 aromatic rings. The quantitative estimate of drug-likeness (QED) is 0.876. The SMILES string of the molecule is CCNC(COC1COC1)c1cccc2ccccc12. The molecule has 1 aliphatic rings.